The summed E-state index contributed by atoms with van der Waals surface area (Å²) < 4.78 is 1.90. The molecular formula is C9H9ClN4S. The number of anilines is 1. The van der Waals surface area contributed by atoms with Gasteiger partial charge in [-0.1, -0.05) is 11.6 Å². The van der Waals surface area contributed by atoms with Crippen LogP contribution in [0.4, 0.5) is 5.69 Å². The van der Waals surface area contributed by atoms with Gasteiger partial charge in [0.15, 0.2) is 5.16 Å². The fourth-order valence-electron chi connectivity index (χ4n) is 1.06. The summed E-state index contributed by atoms with van der Waals surface area (Å²) >= 11 is 7.17. The number of nitrogen functional groups attached to an aromatic ring is 1. The molecule has 0 bridgehead atoms. The Bertz CT molecular complexity index is 483. The molecule has 0 unspecified atom stereocenters. The van der Waals surface area contributed by atoms with Gasteiger partial charge in [-0.2, -0.15) is 0 Å². The molecule has 0 aliphatic heterocycles. The molecule has 0 amide bonds. The zero-order valence-electron chi connectivity index (χ0n) is 8.01. The number of aromatic nitrogens is 3. The molecule has 0 fully saturated rings. The van der Waals surface area contributed by atoms with E-state index in [2.05, 4.69) is 9.97 Å². The topological polar surface area (TPSA) is 56.7 Å². The normalized spacial score (nSPS) is 10.5. The minimum Gasteiger partial charge on any atom is -0.396 e. The summed E-state index contributed by atoms with van der Waals surface area (Å²) in [6.45, 7) is 0. The quantitative estimate of drug-likeness (QED) is 0.875. The molecule has 15 heavy (non-hydrogen) atoms. The van der Waals surface area contributed by atoms with Crippen molar-refractivity contribution in [3.05, 3.63) is 29.7 Å². The maximum atomic E-state index is 5.78. The van der Waals surface area contributed by atoms with Crippen LogP contribution in [0.3, 0.4) is 0 Å². The van der Waals surface area contributed by atoms with Crippen LogP contribution in [0.5, 0.6) is 0 Å². The van der Waals surface area contributed by atoms with Gasteiger partial charge in [-0.05, 0) is 17.8 Å². The lowest BCUT2D eigenvalue weighted by Crippen LogP contribution is -1.94. The lowest BCUT2D eigenvalue weighted by molar-refractivity contribution is 0.789. The van der Waals surface area contributed by atoms with E-state index >= 15 is 0 Å². The molecule has 0 aromatic carbocycles. The second-order valence-electron chi connectivity index (χ2n) is 2.97. The summed E-state index contributed by atoms with van der Waals surface area (Å²) in [7, 11) is 1.92. The lowest BCUT2D eigenvalue weighted by Gasteiger charge is -2.03. The van der Waals surface area contributed by atoms with Gasteiger partial charge in [0.2, 0.25) is 0 Å². The number of aryl methyl sites for hydroxylation is 1. The first-order valence-corrected chi connectivity index (χ1v) is 5.42. The molecular weight excluding hydrogens is 232 g/mol. The number of imidazole rings is 1. The third-order valence-electron chi connectivity index (χ3n) is 1.81. The molecule has 0 saturated carbocycles. The molecule has 4 nitrogen and oxygen atoms in total. The minimum atomic E-state index is 0.539. The van der Waals surface area contributed by atoms with Crippen molar-refractivity contribution in [2.24, 2.45) is 7.05 Å². The van der Waals surface area contributed by atoms with Gasteiger partial charge in [-0.15, -0.1) is 0 Å². The fourth-order valence-corrected chi connectivity index (χ4v) is 2.00. The Balaban J connectivity index is 2.29. The van der Waals surface area contributed by atoms with Crippen molar-refractivity contribution in [2.45, 2.75) is 10.2 Å². The van der Waals surface area contributed by atoms with Crippen LogP contribution in [0, 0.1) is 0 Å². The van der Waals surface area contributed by atoms with E-state index in [9.17, 15) is 0 Å². The van der Waals surface area contributed by atoms with Crippen molar-refractivity contribution in [2.75, 3.05) is 5.73 Å². The average molecular weight is 241 g/mol. The number of halogens is 1. The largest absolute Gasteiger partial charge is 0.396 e. The molecule has 78 valence electrons. The van der Waals surface area contributed by atoms with Crippen LogP contribution in [0.25, 0.3) is 0 Å². The summed E-state index contributed by atoms with van der Waals surface area (Å²) in [6, 6.07) is 1.68. The number of nitrogens with two attached hydrogens (primary N) is 1. The highest BCUT2D eigenvalue weighted by molar-refractivity contribution is 7.99. The third-order valence-corrected chi connectivity index (χ3v) is 3.13. The van der Waals surface area contributed by atoms with Crippen LogP contribution in [0.15, 0.2) is 34.8 Å². The van der Waals surface area contributed by atoms with Crippen LogP contribution in [0.1, 0.15) is 0 Å². The molecule has 0 saturated heterocycles. The second kappa shape index (κ2) is 4.12. The van der Waals surface area contributed by atoms with Crippen molar-refractivity contribution in [3.8, 4) is 0 Å². The Morgan fingerprint density at radius 1 is 1.47 bits per heavy atom. The van der Waals surface area contributed by atoms with E-state index in [1.165, 1.54) is 11.8 Å². The molecule has 0 spiro atoms. The van der Waals surface area contributed by atoms with Gasteiger partial charge in [-0.3, -0.25) is 0 Å². The first kappa shape index (κ1) is 10.3. The first-order chi connectivity index (χ1) is 7.16. The SMILES string of the molecule is Cn1ccnc1Sc1ncc(Cl)cc1N. The number of hydrogen-bond acceptors (Lipinski definition) is 4. The maximum absolute atomic E-state index is 5.78. The highest BCUT2D eigenvalue weighted by Gasteiger charge is 2.07. The summed E-state index contributed by atoms with van der Waals surface area (Å²) in [4.78, 5) is 8.32. The maximum Gasteiger partial charge on any atom is 0.174 e. The smallest absolute Gasteiger partial charge is 0.174 e. The van der Waals surface area contributed by atoms with Crippen LogP contribution < -0.4 is 5.73 Å². The minimum absolute atomic E-state index is 0.539. The Hall–Kier alpha value is -1.20. The van der Waals surface area contributed by atoms with Gasteiger partial charge in [0.25, 0.3) is 0 Å². The Labute approximate surface area is 96.5 Å². The first-order valence-electron chi connectivity index (χ1n) is 4.23. The number of hydrogen-bond donors (Lipinski definition) is 1. The van der Waals surface area contributed by atoms with Gasteiger partial charge in [0.1, 0.15) is 5.03 Å². The molecule has 2 aromatic heterocycles. The molecule has 2 aromatic rings. The van der Waals surface area contributed by atoms with Crippen LogP contribution >= 0.6 is 23.4 Å². The summed E-state index contributed by atoms with van der Waals surface area (Å²) in [5, 5.41) is 2.10. The molecule has 0 aliphatic carbocycles. The highest BCUT2D eigenvalue weighted by Crippen LogP contribution is 2.29. The summed E-state index contributed by atoms with van der Waals surface area (Å²) in [6.07, 6.45) is 5.17. The predicted molar refractivity (Wildman–Crippen MR) is 61.0 cm³/mol. The number of pyridine rings is 1. The number of nitrogens with zero attached hydrogens (tertiary/aromatic N) is 3. The Kier molecular flexibility index (Phi) is 2.83. The van der Waals surface area contributed by atoms with E-state index in [1.54, 1.807) is 18.5 Å². The van der Waals surface area contributed by atoms with E-state index in [1.807, 2.05) is 17.8 Å². The van der Waals surface area contributed by atoms with E-state index in [0.717, 1.165) is 5.16 Å². The van der Waals surface area contributed by atoms with Crippen LogP contribution in [-0.2, 0) is 7.05 Å². The predicted octanol–water partition coefficient (Wildman–Crippen LogP) is 2.20. The van der Waals surface area contributed by atoms with E-state index in [4.69, 9.17) is 17.3 Å². The van der Waals surface area contributed by atoms with Crippen molar-refractivity contribution in [1.82, 2.24) is 14.5 Å². The van der Waals surface area contributed by atoms with E-state index in [0.29, 0.717) is 15.7 Å². The van der Waals surface area contributed by atoms with Crippen molar-refractivity contribution in [3.63, 3.8) is 0 Å². The van der Waals surface area contributed by atoms with Crippen molar-refractivity contribution >= 4 is 29.1 Å². The standard InChI is InChI=1S/C9H9ClN4S/c1-14-3-2-12-9(14)15-8-7(11)4-6(10)5-13-8/h2-5H,11H2,1H3. The zero-order valence-corrected chi connectivity index (χ0v) is 9.59. The number of rotatable bonds is 2. The highest BCUT2D eigenvalue weighted by atomic mass is 35.5. The average Bonchev–Trinajstić information content (AvgIpc) is 2.57. The molecule has 2 rings (SSSR count). The summed E-state index contributed by atoms with van der Waals surface area (Å²) in [5.74, 6) is 0. The van der Waals surface area contributed by atoms with Gasteiger partial charge >= 0.3 is 0 Å². The molecule has 0 atom stereocenters. The Morgan fingerprint density at radius 3 is 2.87 bits per heavy atom. The van der Waals surface area contributed by atoms with E-state index in [-0.39, 0.29) is 0 Å². The van der Waals surface area contributed by atoms with Gasteiger partial charge in [0.05, 0.1) is 10.7 Å². The summed E-state index contributed by atoms with van der Waals surface area (Å²) in [5.41, 5.74) is 6.35. The fraction of sp³-hybridized carbons (Fsp3) is 0.111. The molecule has 2 N–H and O–H groups in total. The second-order valence-corrected chi connectivity index (χ2v) is 4.36. The Morgan fingerprint density at radius 2 is 2.27 bits per heavy atom. The molecule has 2 heterocycles. The lowest BCUT2D eigenvalue weighted by atomic mass is 10.4. The van der Waals surface area contributed by atoms with E-state index < -0.39 is 0 Å². The molecule has 0 radical (unpaired) electrons. The van der Waals surface area contributed by atoms with Crippen LogP contribution in [0.2, 0.25) is 5.02 Å². The third kappa shape index (κ3) is 2.24. The van der Waals surface area contributed by atoms with Crippen molar-refractivity contribution in [1.29, 1.82) is 0 Å². The van der Waals surface area contributed by atoms with Gasteiger partial charge in [-0.25, -0.2) is 9.97 Å². The monoisotopic (exact) mass is 240 g/mol. The van der Waals surface area contributed by atoms with Crippen molar-refractivity contribution < 1.29 is 0 Å². The van der Waals surface area contributed by atoms with Gasteiger partial charge in [0, 0.05) is 25.6 Å². The molecule has 0 aliphatic rings. The molecule has 6 heteroatoms. The van der Waals surface area contributed by atoms with Gasteiger partial charge < -0.3 is 10.3 Å². The van der Waals surface area contributed by atoms with Crippen LogP contribution in [-0.4, -0.2) is 14.5 Å². The zero-order chi connectivity index (χ0) is 10.8.